The van der Waals surface area contributed by atoms with Crippen molar-refractivity contribution in [1.29, 1.82) is 0 Å². The fourth-order valence-electron chi connectivity index (χ4n) is 2.62. The van der Waals surface area contributed by atoms with Gasteiger partial charge in [0.15, 0.2) is 23.3 Å². The van der Waals surface area contributed by atoms with Gasteiger partial charge in [-0.05, 0) is 59.8 Å². The fourth-order valence-corrected chi connectivity index (χ4v) is 3.61. The van der Waals surface area contributed by atoms with E-state index >= 15 is 0 Å². The maximum Gasteiger partial charge on any atom is 0.341 e. The van der Waals surface area contributed by atoms with Crippen molar-refractivity contribution in [3.8, 4) is 11.5 Å². The number of amidine groups is 1. The lowest BCUT2D eigenvalue weighted by molar-refractivity contribution is -0.139. The van der Waals surface area contributed by atoms with Crippen molar-refractivity contribution in [2.75, 3.05) is 20.8 Å². The first-order valence-corrected chi connectivity index (χ1v) is 9.72. The molecule has 9 nitrogen and oxygen atoms in total. The van der Waals surface area contributed by atoms with Gasteiger partial charge in [0.1, 0.15) is 0 Å². The smallest absolute Gasteiger partial charge is 0.341 e. The van der Waals surface area contributed by atoms with E-state index in [4.69, 9.17) is 19.7 Å². The molecule has 3 rings (SSSR count). The monoisotopic (exact) mass is 442 g/mol. The average Bonchev–Trinajstić information content (AvgIpc) is 3.00. The van der Waals surface area contributed by atoms with Crippen LogP contribution in [0.25, 0.3) is 6.08 Å². The summed E-state index contributed by atoms with van der Waals surface area (Å²) in [6.45, 7) is -0.497. The molecule has 0 spiro atoms. The number of hydrogen-bond acceptors (Lipinski definition) is 7. The van der Waals surface area contributed by atoms with Gasteiger partial charge in [-0.2, -0.15) is 0 Å². The highest BCUT2D eigenvalue weighted by Crippen LogP contribution is 2.35. The molecule has 2 N–H and O–H groups in total. The molecule has 160 valence electrons. The van der Waals surface area contributed by atoms with Gasteiger partial charge in [0, 0.05) is 7.05 Å². The first-order valence-electron chi connectivity index (χ1n) is 8.90. The third kappa shape index (κ3) is 5.23. The summed E-state index contributed by atoms with van der Waals surface area (Å²) in [5.74, 6) is -1.75. The number of aliphatic carboxylic acids is 1. The van der Waals surface area contributed by atoms with E-state index in [-0.39, 0.29) is 17.2 Å². The topological polar surface area (TPSA) is 126 Å². The van der Waals surface area contributed by atoms with Crippen molar-refractivity contribution < 1.29 is 34.1 Å². The van der Waals surface area contributed by atoms with Crippen LogP contribution in [0.15, 0.2) is 52.4 Å². The largest absolute Gasteiger partial charge is 0.493 e. The third-order valence-corrected chi connectivity index (χ3v) is 5.24. The van der Waals surface area contributed by atoms with Crippen LogP contribution in [0.5, 0.6) is 11.5 Å². The lowest BCUT2D eigenvalue weighted by Crippen LogP contribution is -2.23. The van der Waals surface area contributed by atoms with Crippen LogP contribution in [-0.2, 0) is 9.59 Å². The summed E-state index contributed by atoms with van der Waals surface area (Å²) in [5, 5.41) is 18.2. The SMILES string of the molecule is COc1cc(C=C2SC(=Nc3ccc(C(=O)O)cc3)N(C)C2=O)ccc1OCC(=O)O. The number of thioether (sulfide) groups is 1. The number of methoxy groups -OCH3 is 1. The molecular formula is C21H18N2O7S. The zero-order valence-corrected chi connectivity index (χ0v) is 17.4. The Morgan fingerprint density at radius 2 is 1.84 bits per heavy atom. The van der Waals surface area contributed by atoms with E-state index in [1.807, 2.05) is 0 Å². The summed E-state index contributed by atoms with van der Waals surface area (Å²) < 4.78 is 10.4. The van der Waals surface area contributed by atoms with Crippen molar-refractivity contribution in [2.45, 2.75) is 0 Å². The van der Waals surface area contributed by atoms with Gasteiger partial charge in [-0.15, -0.1) is 0 Å². The number of ether oxygens (including phenoxy) is 2. The lowest BCUT2D eigenvalue weighted by atomic mass is 10.2. The second-order valence-electron chi connectivity index (χ2n) is 6.31. The van der Waals surface area contributed by atoms with Crippen molar-refractivity contribution in [2.24, 2.45) is 4.99 Å². The van der Waals surface area contributed by atoms with Crippen LogP contribution in [0.2, 0.25) is 0 Å². The van der Waals surface area contributed by atoms with Gasteiger partial charge < -0.3 is 19.7 Å². The van der Waals surface area contributed by atoms with Gasteiger partial charge >= 0.3 is 11.9 Å². The summed E-state index contributed by atoms with van der Waals surface area (Å²) >= 11 is 1.18. The van der Waals surface area contributed by atoms with Gasteiger partial charge in [0.25, 0.3) is 5.91 Å². The number of nitrogens with zero attached hydrogens (tertiary/aromatic N) is 2. The molecule has 0 radical (unpaired) electrons. The maximum absolute atomic E-state index is 12.6. The molecule has 0 atom stereocenters. The van der Waals surface area contributed by atoms with Crippen LogP contribution in [0.3, 0.4) is 0 Å². The number of amides is 1. The highest BCUT2D eigenvalue weighted by molar-refractivity contribution is 8.18. The Labute approximate surface area is 181 Å². The molecule has 31 heavy (non-hydrogen) atoms. The predicted octanol–water partition coefficient (Wildman–Crippen LogP) is 3.09. The van der Waals surface area contributed by atoms with Crippen LogP contribution >= 0.6 is 11.8 Å². The number of rotatable bonds is 7. The summed E-state index contributed by atoms with van der Waals surface area (Å²) in [6, 6.07) is 10.9. The number of carboxylic acid groups (broad SMARTS) is 2. The summed E-state index contributed by atoms with van der Waals surface area (Å²) in [6.07, 6.45) is 1.67. The molecule has 2 aromatic rings. The molecule has 0 bridgehead atoms. The van der Waals surface area contributed by atoms with Gasteiger partial charge in [0.05, 0.1) is 23.3 Å². The van der Waals surface area contributed by atoms with E-state index < -0.39 is 18.5 Å². The standard InChI is InChI=1S/C21H18N2O7S/c1-23-19(26)17(31-21(23)22-14-6-4-13(5-7-14)20(27)28)10-12-3-8-15(16(9-12)29-2)30-11-18(24)25/h3-10H,11H2,1-2H3,(H,24,25)(H,27,28). The number of aliphatic imine (C=N–C) groups is 1. The molecule has 0 aromatic heterocycles. The van der Waals surface area contributed by atoms with E-state index in [1.165, 1.54) is 35.9 Å². The number of aromatic carboxylic acids is 1. The summed E-state index contributed by atoms with van der Waals surface area (Å²) in [4.78, 5) is 40.5. The minimum Gasteiger partial charge on any atom is -0.493 e. The van der Waals surface area contributed by atoms with Crippen LogP contribution in [0, 0.1) is 0 Å². The highest BCUT2D eigenvalue weighted by Gasteiger charge is 2.30. The predicted molar refractivity (Wildman–Crippen MR) is 115 cm³/mol. The average molecular weight is 442 g/mol. The normalized spacial score (nSPS) is 16.1. The van der Waals surface area contributed by atoms with Gasteiger partial charge in [-0.1, -0.05) is 6.07 Å². The number of carbonyl (C=O) groups is 3. The van der Waals surface area contributed by atoms with Gasteiger partial charge in [-0.25, -0.2) is 14.6 Å². The van der Waals surface area contributed by atoms with Crippen LogP contribution in [0.1, 0.15) is 15.9 Å². The van der Waals surface area contributed by atoms with Crippen molar-refractivity contribution >= 4 is 46.5 Å². The second kappa shape index (κ2) is 9.35. The van der Waals surface area contributed by atoms with Crippen molar-refractivity contribution in [3.63, 3.8) is 0 Å². The van der Waals surface area contributed by atoms with Crippen molar-refractivity contribution in [3.05, 3.63) is 58.5 Å². The van der Waals surface area contributed by atoms with Crippen LogP contribution < -0.4 is 9.47 Å². The Kier molecular flexibility index (Phi) is 6.61. The Balaban J connectivity index is 1.82. The molecule has 1 heterocycles. The van der Waals surface area contributed by atoms with Crippen LogP contribution in [-0.4, -0.2) is 58.9 Å². The van der Waals surface area contributed by atoms with E-state index in [1.54, 1.807) is 43.5 Å². The molecule has 1 fully saturated rings. The number of hydrogen-bond donors (Lipinski definition) is 2. The Bertz CT molecular complexity index is 1090. The minimum atomic E-state index is -1.10. The first kappa shape index (κ1) is 21.9. The number of likely N-dealkylation sites (N-methyl/N-ethyl adjacent to an activating group) is 1. The first-order chi connectivity index (χ1) is 14.8. The Hall–Kier alpha value is -3.79. The fraction of sp³-hybridized carbons (Fsp3) is 0.143. The van der Waals surface area contributed by atoms with E-state index in [2.05, 4.69) is 4.99 Å². The lowest BCUT2D eigenvalue weighted by Gasteiger charge is -2.09. The van der Waals surface area contributed by atoms with Gasteiger partial charge in [-0.3, -0.25) is 9.69 Å². The second-order valence-corrected chi connectivity index (χ2v) is 7.32. The van der Waals surface area contributed by atoms with Gasteiger partial charge in [0.2, 0.25) is 0 Å². The molecule has 1 aliphatic rings. The molecule has 10 heteroatoms. The minimum absolute atomic E-state index is 0.151. The van der Waals surface area contributed by atoms with Crippen LogP contribution in [0.4, 0.5) is 5.69 Å². The molecule has 1 amide bonds. The maximum atomic E-state index is 12.6. The molecule has 2 aromatic carbocycles. The quantitative estimate of drug-likeness (QED) is 0.627. The molecule has 0 unspecified atom stereocenters. The molecule has 1 saturated heterocycles. The molecular weight excluding hydrogens is 424 g/mol. The Morgan fingerprint density at radius 1 is 1.13 bits per heavy atom. The van der Waals surface area contributed by atoms with E-state index in [0.29, 0.717) is 27.1 Å². The Morgan fingerprint density at radius 3 is 2.45 bits per heavy atom. The molecule has 1 aliphatic heterocycles. The molecule has 0 saturated carbocycles. The zero-order chi connectivity index (χ0) is 22.5. The number of carbonyl (C=O) groups excluding carboxylic acids is 1. The molecule has 0 aliphatic carbocycles. The summed E-state index contributed by atoms with van der Waals surface area (Å²) in [7, 11) is 3.04. The third-order valence-electron chi connectivity index (χ3n) is 4.18. The van der Waals surface area contributed by atoms with E-state index in [0.717, 1.165) is 0 Å². The zero-order valence-electron chi connectivity index (χ0n) is 16.6. The van der Waals surface area contributed by atoms with E-state index in [9.17, 15) is 14.4 Å². The number of carboxylic acids is 2. The highest BCUT2D eigenvalue weighted by atomic mass is 32.2. The summed E-state index contributed by atoms with van der Waals surface area (Å²) in [5.41, 5.74) is 1.34. The number of benzene rings is 2. The van der Waals surface area contributed by atoms with Crippen molar-refractivity contribution in [1.82, 2.24) is 4.90 Å².